The van der Waals surface area contributed by atoms with Crippen molar-refractivity contribution in [2.45, 2.75) is 6.92 Å². The number of rotatable bonds is 1. The van der Waals surface area contributed by atoms with E-state index in [1.807, 2.05) is 18.2 Å². The van der Waals surface area contributed by atoms with E-state index in [0.29, 0.717) is 16.9 Å². The molecule has 4 heteroatoms. The predicted octanol–water partition coefficient (Wildman–Crippen LogP) is 1.48. The van der Waals surface area contributed by atoms with Crippen LogP contribution >= 0.6 is 0 Å². The van der Waals surface area contributed by atoms with Crippen molar-refractivity contribution < 1.29 is 4.42 Å². The van der Waals surface area contributed by atoms with Crippen LogP contribution in [0.25, 0.3) is 11.0 Å². The molecule has 0 aliphatic carbocycles. The molecular formula is C11H10N2O2. The molecule has 0 fully saturated rings. The minimum absolute atomic E-state index is 0.399. The summed E-state index contributed by atoms with van der Waals surface area (Å²) in [5.41, 5.74) is 1.02. The average molecular weight is 202 g/mol. The lowest BCUT2D eigenvalue weighted by Gasteiger charge is -1.99. The van der Waals surface area contributed by atoms with Crippen molar-refractivity contribution >= 4 is 16.7 Å². The van der Waals surface area contributed by atoms with Crippen molar-refractivity contribution in [2.75, 3.05) is 0 Å². The average Bonchev–Trinajstić information content (AvgIpc) is 2.27. The Morgan fingerprint density at radius 1 is 1.40 bits per heavy atom. The number of para-hydroxylation sites is 1. The predicted molar refractivity (Wildman–Crippen MR) is 58.9 cm³/mol. The Kier molecular flexibility index (Phi) is 2.25. The molecule has 4 nitrogen and oxygen atoms in total. The molecule has 0 unspecified atom stereocenters. The van der Waals surface area contributed by atoms with E-state index < -0.39 is 5.63 Å². The van der Waals surface area contributed by atoms with Crippen LogP contribution in [0.15, 0.2) is 44.6 Å². The van der Waals surface area contributed by atoms with Crippen molar-refractivity contribution in [1.82, 2.24) is 0 Å². The highest BCUT2D eigenvalue weighted by Crippen LogP contribution is 2.12. The number of hydrogen-bond donors (Lipinski definition) is 1. The Hall–Kier alpha value is -2.10. The highest BCUT2D eigenvalue weighted by molar-refractivity contribution is 6.00. The third-order valence-electron chi connectivity index (χ3n) is 2.22. The summed E-state index contributed by atoms with van der Waals surface area (Å²) in [6.07, 6.45) is 0. The second-order valence-electron chi connectivity index (χ2n) is 3.20. The van der Waals surface area contributed by atoms with Gasteiger partial charge in [-0.2, -0.15) is 5.10 Å². The van der Waals surface area contributed by atoms with Gasteiger partial charge in [-0.15, -0.1) is 0 Å². The van der Waals surface area contributed by atoms with Crippen molar-refractivity contribution in [3.63, 3.8) is 0 Å². The van der Waals surface area contributed by atoms with Gasteiger partial charge in [0.1, 0.15) is 5.58 Å². The second-order valence-corrected chi connectivity index (χ2v) is 3.20. The van der Waals surface area contributed by atoms with Gasteiger partial charge in [-0.05, 0) is 19.1 Å². The van der Waals surface area contributed by atoms with Crippen molar-refractivity contribution in [2.24, 2.45) is 10.9 Å². The Morgan fingerprint density at radius 2 is 2.13 bits per heavy atom. The largest absolute Gasteiger partial charge is 0.422 e. The molecule has 0 aliphatic heterocycles. The topological polar surface area (TPSA) is 68.6 Å². The third-order valence-corrected chi connectivity index (χ3v) is 2.22. The molecule has 0 bridgehead atoms. The van der Waals surface area contributed by atoms with Crippen molar-refractivity contribution in [3.8, 4) is 0 Å². The Bertz CT molecular complexity index is 584. The molecular weight excluding hydrogens is 192 g/mol. The highest BCUT2D eigenvalue weighted by Gasteiger charge is 2.07. The van der Waals surface area contributed by atoms with Crippen LogP contribution in [-0.4, -0.2) is 5.71 Å². The van der Waals surface area contributed by atoms with E-state index in [1.54, 1.807) is 19.1 Å². The summed E-state index contributed by atoms with van der Waals surface area (Å²) in [5.74, 6) is 5.12. The molecule has 0 spiro atoms. The molecule has 0 radical (unpaired) electrons. The van der Waals surface area contributed by atoms with E-state index in [-0.39, 0.29) is 0 Å². The van der Waals surface area contributed by atoms with Crippen LogP contribution in [-0.2, 0) is 0 Å². The minimum atomic E-state index is -0.416. The molecule has 2 rings (SSSR count). The van der Waals surface area contributed by atoms with E-state index >= 15 is 0 Å². The smallest absolute Gasteiger partial charge is 0.345 e. The molecule has 0 saturated heterocycles. The maximum Gasteiger partial charge on any atom is 0.345 e. The molecule has 0 saturated carbocycles. The van der Waals surface area contributed by atoms with Gasteiger partial charge in [0, 0.05) is 5.39 Å². The number of nitrogens with two attached hydrogens (primary N) is 1. The maximum absolute atomic E-state index is 11.5. The minimum Gasteiger partial charge on any atom is -0.422 e. The monoisotopic (exact) mass is 202 g/mol. The van der Waals surface area contributed by atoms with Gasteiger partial charge in [0.15, 0.2) is 0 Å². The molecule has 15 heavy (non-hydrogen) atoms. The molecule has 1 aromatic carbocycles. The second kappa shape index (κ2) is 3.57. The lowest BCUT2D eigenvalue weighted by atomic mass is 10.1. The van der Waals surface area contributed by atoms with Gasteiger partial charge in [-0.3, -0.25) is 0 Å². The van der Waals surface area contributed by atoms with Crippen LogP contribution in [0.1, 0.15) is 12.5 Å². The van der Waals surface area contributed by atoms with Crippen LogP contribution in [0.2, 0.25) is 0 Å². The summed E-state index contributed by atoms with van der Waals surface area (Å²) in [4.78, 5) is 11.5. The zero-order valence-corrected chi connectivity index (χ0v) is 8.23. The number of hydrogen-bond acceptors (Lipinski definition) is 4. The number of fused-ring (bicyclic) bond motifs is 1. The molecule has 76 valence electrons. The number of hydrazone groups is 1. The fraction of sp³-hybridized carbons (Fsp3) is 0.0909. The molecule has 1 heterocycles. The summed E-state index contributed by atoms with van der Waals surface area (Å²) in [6, 6.07) is 9.03. The van der Waals surface area contributed by atoms with Gasteiger partial charge in [0.2, 0.25) is 0 Å². The van der Waals surface area contributed by atoms with Crippen LogP contribution in [0.3, 0.4) is 0 Å². The fourth-order valence-corrected chi connectivity index (χ4v) is 1.38. The first-order chi connectivity index (χ1) is 7.22. The highest BCUT2D eigenvalue weighted by atomic mass is 16.4. The summed E-state index contributed by atoms with van der Waals surface area (Å²) in [6.45, 7) is 1.67. The van der Waals surface area contributed by atoms with Crippen molar-refractivity contribution in [1.29, 1.82) is 0 Å². The SMILES string of the molecule is C/C(=N\N)c1cc2ccccc2oc1=O. The summed E-state index contributed by atoms with van der Waals surface area (Å²) >= 11 is 0. The first kappa shape index (κ1) is 9.45. The van der Waals surface area contributed by atoms with Gasteiger partial charge in [0.05, 0.1) is 11.3 Å². The van der Waals surface area contributed by atoms with E-state index in [9.17, 15) is 4.79 Å². The van der Waals surface area contributed by atoms with Gasteiger partial charge in [-0.1, -0.05) is 18.2 Å². The van der Waals surface area contributed by atoms with Crippen molar-refractivity contribution in [3.05, 3.63) is 46.3 Å². The summed E-state index contributed by atoms with van der Waals surface area (Å²) in [5, 5.41) is 4.34. The van der Waals surface area contributed by atoms with E-state index in [0.717, 1.165) is 5.39 Å². The fourth-order valence-electron chi connectivity index (χ4n) is 1.38. The molecule has 1 aromatic heterocycles. The van der Waals surface area contributed by atoms with Crippen LogP contribution in [0, 0.1) is 0 Å². The van der Waals surface area contributed by atoms with E-state index in [4.69, 9.17) is 10.3 Å². The molecule has 0 amide bonds. The Labute approximate surface area is 86.0 Å². The lowest BCUT2D eigenvalue weighted by molar-refractivity contribution is 0.559. The zero-order valence-electron chi connectivity index (χ0n) is 8.23. The molecule has 0 atom stereocenters. The van der Waals surface area contributed by atoms with E-state index in [1.165, 1.54) is 0 Å². The van der Waals surface area contributed by atoms with Crippen LogP contribution in [0.4, 0.5) is 0 Å². The number of nitrogens with zero attached hydrogens (tertiary/aromatic N) is 1. The number of benzene rings is 1. The van der Waals surface area contributed by atoms with E-state index in [2.05, 4.69) is 5.10 Å². The summed E-state index contributed by atoms with van der Waals surface area (Å²) < 4.78 is 5.12. The molecule has 2 aromatic rings. The third kappa shape index (κ3) is 1.61. The maximum atomic E-state index is 11.5. The Balaban J connectivity index is 2.78. The van der Waals surface area contributed by atoms with Gasteiger partial charge >= 0.3 is 5.63 Å². The molecule has 2 N–H and O–H groups in total. The standard InChI is InChI=1S/C11H10N2O2/c1-7(13-12)9-6-8-4-2-3-5-10(8)15-11(9)14/h2-6H,12H2,1H3/b13-7+. The lowest BCUT2D eigenvalue weighted by Crippen LogP contribution is -2.13. The first-order valence-electron chi connectivity index (χ1n) is 4.50. The molecule has 0 aliphatic rings. The van der Waals surface area contributed by atoms with Crippen LogP contribution < -0.4 is 11.5 Å². The van der Waals surface area contributed by atoms with Gasteiger partial charge in [-0.25, -0.2) is 4.79 Å². The quantitative estimate of drug-likeness (QED) is 0.329. The Morgan fingerprint density at radius 3 is 2.87 bits per heavy atom. The summed E-state index contributed by atoms with van der Waals surface area (Å²) in [7, 11) is 0. The van der Waals surface area contributed by atoms with Crippen LogP contribution in [0.5, 0.6) is 0 Å². The van der Waals surface area contributed by atoms with Gasteiger partial charge in [0.25, 0.3) is 0 Å². The first-order valence-corrected chi connectivity index (χ1v) is 4.50. The zero-order chi connectivity index (χ0) is 10.8. The van der Waals surface area contributed by atoms with Gasteiger partial charge < -0.3 is 10.3 Å². The normalized spacial score (nSPS) is 11.9.